The van der Waals surface area contributed by atoms with Crippen molar-refractivity contribution in [2.45, 2.75) is 0 Å². The molecule has 0 fully saturated rings. The SMILES string of the molecule is Nc1nc(Cl)cnc1C#CCCl. The van der Waals surface area contributed by atoms with Gasteiger partial charge in [-0.2, -0.15) is 0 Å². The number of halogens is 2. The predicted octanol–water partition coefficient (Wildman–Crippen LogP) is 1.30. The molecule has 12 heavy (non-hydrogen) atoms. The van der Waals surface area contributed by atoms with Crippen molar-refractivity contribution in [2.75, 3.05) is 11.6 Å². The minimum absolute atomic E-state index is 0.222. The molecule has 3 nitrogen and oxygen atoms in total. The first-order valence-electron chi connectivity index (χ1n) is 3.07. The third-order valence-electron chi connectivity index (χ3n) is 1.04. The van der Waals surface area contributed by atoms with E-state index in [4.69, 9.17) is 28.9 Å². The van der Waals surface area contributed by atoms with Crippen LogP contribution in [0.5, 0.6) is 0 Å². The first kappa shape index (κ1) is 9.11. The fourth-order valence-electron chi connectivity index (χ4n) is 0.594. The van der Waals surface area contributed by atoms with Gasteiger partial charge in [0.05, 0.1) is 12.1 Å². The fourth-order valence-corrected chi connectivity index (χ4v) is 0.801. The summed E-state index contributed by atoms with van der Waals surface area (Å²) < 4.78 is 0. The lowest BCUT2D eigenvalue weighted by Gasteiger charge is -1.94. The largest absolute Gasteiger partial charge is 0.381 e. The molecule has 0 radical (unpaired) electrons. The molecule has 0 bridgehead atoms. The van der Waals surface area contributed by atoms with Crippen molar-refractivity contribution in [1.29, 1.82) is 0 Å². The van der Waals surface area contributed by atoms with Gasteiger partial charge in [0, 0.05) is 0 Å². The summed E-state index contributed by atoms with van der Waals surface area (Å²) in [7, 11) is 0. The van der Waals surface area contributed by atoms with Crippen LogP contribution in [0.4, 0.5) is 5.82 Å². The Bertz CT molecular complexity index is 340. The Labute approximate surface area is 79.9 Å². The molecule has 0 unspecified atom stereocenters. The summed E-state index contributed by atoms with van der Waals surface area (Å²) in [5.74, 6) is 5.73. The highest BCUT2D eigenvalue weighted by molar-refractivity contribution is 6.29. The van der Waals surface area contributed by atoms with Crippen LogP contribution in [0.3, 0.4) is 0 Å². The average molecular weight is 202 g/mol. The first-order chi connectivity index (χ1) is 5.74. The maximum absolute atomic E-state index is 5.52. The molecule has 0 aromatic carbocycles. The van der Waals surface area contributed by atoms with Crippen molar-refractivity contribution in [3.05, 3.63) is 17.0 Å². The number of alkyl halides is 1. The molecule has 0 saturated heterocycles. The zero-order valence-electron chi connectivity index (χ0n) is 6.01. The molecule has 2 N–H and O–H groups in total. The van der Waals surface area contributed by atoms with Crippen LogP contribution in [0.15, 0.2) is 6.20 Å². The van der Waals surface area contributed by atoms with E-state index in [9.17, 15) is 0 Å². The van der Waals surface area contributed by atoms with Crippen LogP contribution in [0, 0.1) is 11.8 Å². The third kappa shape index (κ3) is 2.26. The number of hydrogen-bond donors (Lipinski definition) is 1. The Kier molecular flexibility index (Phi) is 3.15. The second-order valence-corrected chi connectivity index (χ2v) is 2.52. The highest BCUT2D eigenvalue weighted by Crippen LogP contribution is 2.08. The molecule has 0 amide bonds. The molecule has 5 heteroatoms. The molecule has 0 atom stereocenters. The summed E-state index contributed by atoms with van der Waals surface area (Å²) in [6, 6.07) is 0. The lowest BCUT2D eigenvalue weighted by Crippen LogP contribution is -1.97. The zero-order valence-corrected chi connectivity index (χ0v) is 7.52. The smallest absolute Gasteiger partial charge is 0.159 e. The minimum atomic E-state index is 0.222. The molecule has 0 aliphatic heterocycles. The maximum atomic E-state index is 5.52. The second-order valence-electron chi connectivity index (χ2n) is 1.86. The fraction of sp³-hybridized carbons (Fsp3) is 0.143. The zero-order chi connectivity index (χ0) is 8.97. The lowest BCUT2D eigenvalue weighted by molar-refractivity contribution is 1.18. The van der Waals surface area contributed by atoms with Crippen LogP contribution in [-0.2, 0) is 0 Å². The van der Waals surface area contributed by atoms with Gasteiger partial charge in [-0.3, -0.25) is 0 Å². The van der Waals surface area contributed by atoms with E-state index in [0.29, 0.717) is 5.69 Å². The van der Waals surface area contributed by atoms with Gasteiger partial charge in [-0.25, -0.2) is 9.97 Å². The van der Waals surface area contributed by atoms with Gasteiger partial charge in [0.1, 0.15) is 5.15 Å². The van der Waals surface area contributed by atoms with Crippen LogP contribution in [0.25, 0.3) is 0 Å². The van der Waals surface area contributed by atoms with Gasteiger partial charge < -0.3 is 5.73 Å². The van der Waals surface area contributed by atoms with E-state index in [0.717, 1.165) is 0 Å². The Morgan fingerprint density at radius 1 is 1.58 bits per heavy atom. The normalized spacial score (nSPS) is 8.83. The third-order valence-corrected chi connectivity index (χ3v) is 1.36. The number of rotatable bonds is 0. The Hall–Kier alpha value is -0.980. The molecule has 1 rings (SSSR count). The lowest BCUT2D eigenvalue weighted by atomic mass is 10.4. The Morgan fingerprint density at radius 2 is 2.33 bits per heavy atom. The van der Waals surface area contributed by atoms with E-state index in [-0.39, 0.29) is 16.9 Å². The highest BCUT2D eigenvalue weighted by atomic mass is 35.5. The summed E-state index contributed by atoms with van der Waals surface area (Å²) in [5.41, 5.74) is 5.86. The van der Waals surface area contributed by atoms with Gasteiger partial charge in [-0.05, 0) is 5.92 Å². The number of nitrogens with zero attached hydrogens (tertiary/aromatic N) is 2. The van der Waals surface area contributed by atoms with E-state index in [1.54, 1.807) is 0 Å². The van der Waals surface area contributed by atoms with Crippen molar-refractivity contribution < 1.29 is 0 Å². The van der Waals surface area contributed by atoms with Gasteiger partial charge in [0.25, 0.3) is 0 Å². The molecule has 0 aliphatic rings. The minimum Gasteiger partial charge on any atom is -0.381 e. The molecule has 1 aromatic heterocycles. The molecular formula is C7H5Cl2N3. The van der Waals surface area contributed by atoms with Crippen LogP contribution in [0.2, 0.25) is 5.15 Å². The number of nitrogen functional groups attached to an aromatic ring is 1. The molecule has 0 aliphatic carbocycles. The van der Waals surface area contributed by atoms with Crippen molar-refractivity contribution in [2.24, 2.45) is 0 Å². The van der Waals surface area contributed by atoms with E-state index in [2.05, 4.69) is 21.8 Å². The highest BCUT2D eigenvalue weighted by Gasteiger charge is 1.98. The number of nitrogens with two attached hydrogens (primary N) is 1. The predicted molar refractivity (Wildman–Crippen MR) is 49.1 cm³/mol. The Morgan fingerprint density at radius 3 is 2.92 bits per heavy atom. The van der Waals surface area contributed by atoms with E-state index < -0.39 is 0 Å². The topological polar surface area (TPSA) is 51.8 Å². The molecule has 0 spiro atoms. The summed E-state index contributed by atoms with van der Waals surface area (Å²) in [6.45, 7) is 0. The van der Waals surface area contributed by atoms with Crippen molar-refractivity contribution in [1.82, 2.24) is 9.97 Å². The number of anilines is 1. The van der Waals surface area contributed by atoms with Crippen molar-refractivity contribution in [3.63, 3.8) is 0 Å². The molecule has 1 aromatic rings. The maximum Gasteiger partial charge on any atom is 0.159 e. The summed E-state index contributed by atoms with van der Waals surface area (Å²) in [4.78, 5) is 7.63. The van der Waals surface area contributed by atoms with Crippen LogP contribution >= 0.6 is 23.2 Å². The Balaban J connectivity index is 3.01. The summed E-state index contributed by atoms with van der Waals surface area (Å²) >= 11 is 10.9. The summed E-state index contributed by atoms with van der Waals surface area (Å²) in [5, 5.41) is 0.254. The average Bonchev–Trinajstić information content (AvgIpc) is 2.03. The number of hydrogen-bond acceptors (Lipinski definition) is 3. The van der Waals surface area contributed by atoms with Gasteiger partial charge in [-0.15, -0.1) is 11.6 Å². The molecule has 1 heterocycles. The van der Waals surface area contributed by atoms with Gasteiger partial charge in [0.15, 0.2) is 11.5 Å². The van der Waals surface area contributed by atoms with Gasteiger partial charge in [-0.1, -0.05) is 17.5 Å². The standard InChI is InChI=1S/C7H5Cl2N3/c8-3-1-2-5-7(10)12-6(9)4-11-5/h4H,3H2,(H2,10,12). The van der Waals surface area contributed by atoms with E-state index in [1.807, 2.05) is 0 Å². The van der Waals surface area contributed by atoms with Crippen molar-refractivity contribution in [3.8, 4) is 11.8 Å². The van der Waals surface area contributed by atoms with Crippen molar-refractivity contribution >= 4 is 29.0 Å². The molecule has 0 saturated carbocycles. The second kappa shape index (κ2) is 4.15. The van der Waals surface area contributed by atoms with E-state index in [1.165, 1.54) is 6.20 Å². The van der Waals surface area contributed by atoms with Gasteiger partial charge in [0.2, 0.25) is 0 Å². The summed E-state index contributed by atoms with van der Waals surface area (Å²) in [6.07, 6.45) is 1.39. The van der Waals surface area contributed by atoms with Gasteiger partial charge >= 0.3 is 0 Å². The monoisotopic (exact) mass is 201 g/mol. The number of aromatic nitrogens is 2. The van der Waals surface area contributed by atoms with Crippen LogP contribution in [-0.4, -0.2) is 15.8 Å². The molecular weight excluding hydrogens is 197 g/mol. The molecule has 62 valence electrons. The quantitative estimate of drug-likeness (QED) is 0.509. The van der Waals surface area contributed by atoms with E-state index >= 15 is 0 Å². The first-order valence-corrected chi connectivity index (χ1v) is 3.98. The van der Waals surface area contributed by atoms with Crippen LogP contribution in [0.1, 0.15) is 5.69 Å². The van der Waals surface area contributed by atoms with Crippen LogP contribution < -0.4 is 5.73 Å².